The highest BCUT2D eigenvalue weighted by molar-refractivity contribution is 6.31. The van der Waals surface area contributed by atoms with Crippen LogP contribution in [-0.2, 0) is 33.0 Å². The van der Waals surface area contributed by atoms with Crippen molar-refractivity contribution in [2.45, 2.75) is 56.4 Å². The first kappa shape index (κ1) is 26.1. The molecule has 8 heteroatoms. The van der Waals surface area contributed by atoms with Crippen molar-refractivity contribution in [1.29, 1.82) is 0 Å². The Balaban J connectivity index is 1.44. The molecular weight excluding hydrogens is 502 g/mol. The van der Waals surface area contributed by atoms with Crippen molar-refractivity contribution in [3.8, 4) is 5.75 Å². The van der Waals surface area contributed by atoms with E-state index in [1.807, 2.05) is 30.3 Å². The lowest BCUT2D eigenvalue weighted by atomic mass is 9.85. The minimum absolute atomic E-state index is 0.0605. The molecule has 2 aliphatic rings. The molecule has 5 rings (SSSR count). The van der Waals surface area contributed by atoms with Gasteiger partial charge in [-0.2, -0.15) is 4.39 Å². The van der Waals surface area contributed by atoms with Crippen molar-refractivity contribution in [1.82, 2.24) is 0 Å². The highest BCUT2D eigenvalue weighted by Gasteiger charge is 2.60. The average Bonchev–Trinajstić information content (AvgIpc) is 3.20. The fourth-order valence-corrected chi connectivity index (χ4v) is 5.33. The van der Waals surface area contributed by atoms with Gasteiger partial charge in [-0.1, -0.05) is 54.1 Å². The summed E-state index contributed by atoms with van der Waals surface area (Å²) in [5.41, 5.74) is 1.53. The molecule has 2 fully saturated rings. The van der Waals surface area contributed by atoms with E-state index in [2.05, 4.69) is 0 Å². The number of fused-ring (bicyclic) bond motifs is 2. The van der Waals surface area contributed by atoms with Crippen molar-refractivity contribution < 1.29 is 32.8 Å². The van der Waals surface area contributed by atoms with E-state index in [0.717, 1.165) is 5.56 Å². The Morgan fingerprint density at radius 2 is 1.84 bits per heavy atom. The van der Waals surface area contributed by atoms with Crippen LogP contribution in [0.4, 0.5) is 8.78 Å². The second-order valence-corrected chi connectivity index (χ2v) is 10.2. The van der Waals surface area contributed by atoms with Crippen LogP contribution in [0.3, 0.4) is 0 Å². The summed E-state index contributed by atoms with van der Waals surface area (Å²) in [6, 6.07) is 18.0. The first-order valence-corrected chi connectivity index (χ1v) is 12.6. The maximum absolute atomic E-state index is 14.7. The third-order valence-electron chi connectivity index (χ3n) is 7.29. The number of benzene rings is 3. The van der Waals surface area contributed by atoms with Gasteiger partial charge in [0.1, 0.15) is 5.60 Å². The van der Waals surface area contributed by atoms with E-state index in [-0.39, 0.29) is 30.4 Å². The van der Waals surface area contributed by atoms with Crippen LogP contribution in [-0.4, -0.2) is 36.6 Å². The smallest absolute Gasteiger partial charge is 0.200 e. The van der Waals surface area contributed by atoms with E-state index in [0.29, 0.717) is 35.6 Å². The molecular formula is C29H29ClF2O5. The first-order chi connectivity index (χ1) is 17.7. The molecule has 2 aliphatic heterocycles. The quantitative estimate of drug-likeness (QED) is 0.392. The Hall–Kier alpha value is -2.55. The van der Waals surface area contributed by atoms with Gasteiger partial charge in [0.05, 0.1) is 32.5 Å². The van der Waals surface area contributed by atoms with Crippen LogP contribution in [0.1, 0.15) is 42.0 Å². The molecule has 0 amide bonds. The zero-order valence-corrected chi connectivity index (χ0v) is 21.4. The molecule has 5 nitrogen and oxygen atoms in total. The van der Waals surface area contributed by atoms with Gasteiger partial charge >= 0.3 is 0 Å². The molecule has 2 saturated heterocycles. The van der Waals surface area contributed by atoms with Crippen molar-refractivity contribution in [2.75, 3.05) is 13.7 Å². The molecule has 0 aliphatic carbocycles. The van der Waals surface area contributed by atoms with Crippen LogP contribution in [0, 0.1) is 11.6 Å². The van der Waals surface area contributed by atoms with Gasteiger partial charge in [0, 0.05) is 29.8 Å². The van der Waals surface area contributed by atoms with Crippen LogP contribution in [0.15, 0.2) is 60.7 Å². The Labute approximate surface area is 219 Å². The molecule has 3 aromatic carbocycles. The average molecular weight is 531 g/mol. The number of rotatable bonds is 8. The topological polar surface area (TPSA) is 57.2 Å². The monoisotopic (exact) mass is 530 g/mol. The number of aliphatic hydroxyl groups is 1. The summed E-state index contributed by atoms with van der Waals surface area (Å²) >= 11 is 6.47. The Morgan fingerprint density at radius 1 is 1.05 bits per heavy atom. The van der Waals surface area contributed by atoms with Crippen molar-refractivity contribution in [3.05, 3.63) is 99.6 Å². The van der Waals surface area contributed by atoms with Crippen molar-refractivity contribution >= 4 is 11.6 Å². The van der Waals surface area contributed by atoms with Gasteiger partial charge in [0.15, 0.2) is 17.4 Å². The molecule has 3 aromatic rings. The summed E-state index contributed by atoms with van der Waals surface area (Å²) in [4.78, 5) is 0. The number of halogens is 3. The van der Waals surface area contributed by atoms with Crippen LogP contribution in [0.25, 0.3) is 0 Å². The molecule has 1 unspecified atom stereocenters. The summed E-state index contributed by atoms with van der Waals surface area (Å²) in [6.07, 6.45) is -0.0824. The SMILES string of the molecule is COc1ccc(Cc2cc([C@]34C[C@@H](OCc5ccccc5)C[C@](C(C)O)(CO3)O4)ccc2Cl)c(F)c1F. The number of hydrogen-bond acceptors (Lipinski definition) is 5. The van der Waals surface area contributed by atoms with Gasteiger partial charge in [-0.15, -0.1) is 0 Å². The molecule has 37 heavy (non-hydrogen) atoms. The fraction of sp³-hybridized carbons (Fsp3) is 0.379. The summed E-state index contributed by atoms with van der Waals surface area (Å²) < 4.78 is 52.9. The highest BCUT2D eigenvalue weighted by Crippen LogP contribution is 2.51. The summed E-state index contributed by atoms with van der Waals surface area (Å²) in [5.74, 6) is -3.35. The van der Waals surface area contributed by atoms with Gasteiger partial charge in [0.2, 0.25) is 5.82 Å². The Bertz CT molecular complexity index is 1270. The molecule has 4 atom stereocenters. The van der Waals surface area contributed by atoms with E-state index >= 15 is 0 Å². The number of ether oxygens (including phenoxy) is 4. The van der Waals surface area contributed by atoms with Gasteiger partial charge < -0.3 is 24.1 Å². The van der Waals surface area contributed by atoms with Gasteiger partial charge in [-0.05, 0) is 41.8 Å². The van der Waals surface area contributed by atoms with Crippen LogP contribution >= 0.6 is 11.6 Å². The lowest BCUT2D eigenvalue weighted by Gasteiger charge is -2.43. The molecule has 2 bridgehead atoms. The number of aliphatic hydroxyl groups excluding tert-OH is 1. The number of hydrogen-bond donors (Lipinski definition) is 1. The van der Waals surface area contributed by atoms with Gasteiger partial charge in [-0.25, -0.2) is 4.39 Å². The van der Waals surface area contributed by atoms with E-state index < -0.39 is 29.1 Å². The lowest BCUT2D eigenvalue weighted by Crippen LogP contribution is -2.52. The second-order valence-electron chi connectivity index (χ2n) is 9.75. The maximum Gasteiger partial charge on any atom is 0.200 e. The minimum atomic E-state index is -1.17. The zero-order valence-electron chi connectivity index (χ0n) is 20.7. The summed E-state index contributed by atoms with van der Waals surface area (Å²) in [5, 5.41) is 11.0. The van der Waals surface area contributed by atoms with Crippen molar-refractivity contribution in [3.63, 3.8) is 0 Å². The minimum Gasteiger partial charge on any atom is -0.494 e. The molecule has 0 aromatic heterocycles. The predicted octanol–water partition coefficient (Wildman–Crippen LogP) is 5.92. The molecule has 0 spiro atoms. The third kappa shape index (κ3) is 4.99. The normalized spacial score (nSPS) is 25.7. The lowest BCUT2D eigenvalue weighted by molar-refractivity contribution is -0.264. The Kier molecular flexibility index (Phi) is 7.27. The zero-order chi connectivity index (χ0) is 26.2. The highest BCUT2D eigenvalue weighted by atomic mass is 35.5. The van der Waals surface area contributed by atoms with E-state index in [4.69, 9.17) is 30.5 Å². The van der Waals surface area contributed by atoms with E-state index in [9.17, 15) is 13.9 Å². The number of methoxy groups -OCH3 is 1. The summed E-state index contributed by atoms with van der Waals surface area (Å²) in [7, 11) is 1.28. The Morgan fingerprint density at radius 3 is 2.57 bits per heavy atom. The fourth-order valence-electron chi connectivity index (χ4n) is 5.15. The summed E-state index contributed by atoms with van der Waals surface area (Å²) in [6.45, 7) is 2.31. The van der Waals surface area contributed by atoms with Gasteiger partial charge in [-0.3, -0.25) is 0 Å². The van der Waals surface area contributed by atoms with Crippen molar-refractivity contribution in [2.24, 2.45) is 0 Å². The third-order valence-corrected chi connectivity index (χ3v) is 7.66. The van der Waals surface area contributed by atoms with E-state index in [1.54, 1.807) is 25.1 Å². The standard InChI is InChI=1S/C29H29ClF2O5/c1-18(33)28-14-23(35-16-19-6-4-3-5-7-19)15-29(37-28,36-17-28)22-9-10-24(30)21(13-22)12-20-8-11-25(34-2)27(32)26(20)31/h3-11,13,18,23,33H,12,14-17H2,1-2H3/t18?,23-,28+,29+/m0/s1. The predicted molar refractivity (Wildman–Crippen MR) is 135 cm³/mol. The maximum atomic E-state index is 14.7. The first-order valence-electron chi connectivity index (χ1n) is 12.2. The largest absolute Gasteiger partial charge is 0.494 e. The molecule has 1 N–H and O–H groups in total. The van der Waals surface area contributed by atoms with E-state index in [1.165, 1.54) is 19.2 Å². The van der Waals surface area contributed by atoms with Crippen LogP contribution in [0.2, 0.25) is 5.02 Å². The molecule has 0 saturated carbocycles. The van der Waals surface area contributed by atoms with Gasteiger partial charge in [0.25, 0.3) is 0 Å². The van der Waals surface area contributed by atoms with Crippen LogP contribution in [0.5, 0.6) is 5.75 Å². The molecule has 0 radical (unpaired) electrons. The molecule has 2 heterocycles. The van der Waals surface area contributed by atoms with Crippen LogP contribution < -0.4 is 4.74 Å². The second kappa shape index (κ2) is 10.3. The molecule has 196 valence electrons.